The molecule has 142 valence electrons. The fourth-order valence-electron chi connectivity index (χ4n) is 3.40. The molecule has 3 heterocycles. The lowest BCUT2D eigenvalue weighted by atomic mass is 9.92. The maximum Gasteiger partial charge on any atom is 0.415 e. The zero-order valence-corrected chi connectivity index (χ0v) is 14.8. The third-order valence-electron chi connectivity index (χ3n) is 4.91. The lowest BCUT2D eigenvalue weighted by Gasteiger charge is -2.26. The maximum absolute atomic E-state index is 14.4. The molecule has 8 nitrogen and oxygen atoms in total. The van der Waals surface area contributed by atoms with Crippen LogP contribution in [0.4, 0.5) is 21.0 Å². The summed E-state index contributed by atoms with van der Waals surface area (Å²) in [6.07, 6.45) is 6.00. The van der Waals surface area contributed by atoms with Crippen LogP contribution in [0, 0.1) is 5.82 Å². The molecule has 1 aliphatic carbocycles. The van der Waals surface area contributed by atoms with Gasteiger partial charge in [0.2, 0.25) is 5.95 Å². The summed E-state index contributed by atoms with van der Waals surface area (Å²) in [5, 5.41) is 3.27. The monoisotopic (exact) mass is 372 g/mol. The number of hydrogen-bond acceptors (Lipinski definition) is 7. The number of rotatable bonds is 4. The molecule has 1 saturated heterocycles. The Balaban J connectivity index is 1.57. The van der Waals surface area contributed by atoms with E-state index in [9.17, 15) is 9.18 Å². The van der Waals surface area contributed by atoms with Crippen molar-refractivity contribution in [2.75, 3.05) is 23.4 Å². The first-order valence-corrected chi connectivity index (χ1v) is 9.05. The van der Waals surface area contributed by atoms with E-state index in [4.69, 9.17) is 10.5 Å². The van der Waals surface area contributed by atoms with Crippen LogP contribution < -0.4 is 16.0 Å². The van der Waals surface area contributed by atoms with Crippen molar-refractivity contribution in [2.24, 2.45) is 5.73 Å². The van der Waals surface area contributed by atoms with E-state index in [2.05, 4.69) is 20.3 Å². The van der Waals surface area contributed by atoms with Gasteiger partial charge in [-0.25, -0.2) is 24.1 Å². The number of ether oxygens (including phenoxy) is 1. The van der Waals surface area contributed by atoms with Gasteiger partial charge in [0.1, 0.15) is 18.1 Å². The van der Waals surface area contributed by atoms with E-state index in [-0.39, 0.29) is 17.8 Å². The number of anilines is 2. The van der Waals surface area contributed by atoms with Crippen LogP contribution in [0.5, 0.6) is 0 Å². The normalized spacial score (nSPS) is 22.6. The van der Waals surface area contributed by atoms with E-state index in [1.54, 1.807) is 12.1 Å². The Kier molecular flexibility index (Phi) is 4.85. The first-order valence-electron chi connectivity index (χ1n) is 9.05. The number of hydrogen-bond donors (Lipinski definition) is 2. The summed E-state index contributed by atoms with van der Waals surface area (Å²) < 4.78 is 19.3. The second-order valence-electron chi connectivity index (χ2n) is 6.81. The van der Waals surface area contributed by atoms with Gasteiger partial charge in [-0.3, -0.25) is 4.90 Å². The highest BCUT2D eigenvalue weighted by atomic mass is 19.1. The Bertz CT molecular complexity index is 840. The molecule has 1 amide bonds. The van der Waals surface area contributed by atoms with E-state index in [1.807, 2.05) is 0 Å². The minimum absolute atomic E-state index is 0.163. The topological polar surface area (TPSA) is 106 Å². The van der Waals surface area contributed by atoms with E-state index in [0.29, 0.717) is 30.5 Å². The Morgan fingerprint density at radius 1 is 1.26 bits per heavy atom. The number of nitrogens with zero attached hydrogens (tertiary/aromatic N) is 4. The molecule has 0 atom stereocenters. The molecule has 2 fully saturated rings. The van der Waals surface area contributed by atoms with Gasteiger partial charge in [0.15, 0.2) is 5.82 Å². The van der Waals surface area contributed by atoms with Gasteiger partial charge >= 0.3 is 6.09 Å². The second-order valence-corrected chi connectivity index (χ2v) is 6.81. The van der Waals surface area contributed by atoms with Crippen molar-refractivity contribution < 1.29 is 13.9 Å². The molecule has 27 heavy (non-hydrogen) atoms. The van der Waals surface area contributed by atoms with Crippen LogP contribution >= 0.6 is 0 Å². The van der Waals surface area contributed by atoms with Gasteiger partial charge in [0.05, 0.1) is 12.7 Å². The van der Waals surface area contributed by atoms with Gasteiger partial charge in [0, 0.05) is 23.8 Å². The Labute approximate surface area is 156 Å². The predicted octanol–water partition coefficient (Wildman–Crippen LogP) is 2.32. The fraction of sp³-hybridized carbons (Fsp3) is 0.444. The summed E-state index contributed by atoms with van der Waals surface area (Å²) in [4.78, 5) is 25.7. The summed E-state index contributed by atoms with van der Waals surface area (Å²) in [7, 11) is 0. The number of amides is 1. The van der Waals surface area contributed by atoms with E-state index in [1.165, 1.54) is 11.1 Å². The minimum atomic E-state index is -0.535. The van der Waals surface area contributed by atoms with Crippen molar-refractivity contribution in [2.45, 2.75) is 37.8 Å². The number of pyridine rings is 1. The molecule has 2 aromatic heterocycles. The van der Waals surface area contributed by atoms with Gasteiger partial charge in [-0.15, -0.1) is 0 Å². The maximum atomic E-state index is 14.4. The number of halogens is 1. The fourth-order valence-corrected chi connectivity index (χ4v) is 3.40. The van der Waals surface area contributed by atoms with Crippen LogP contribution in [0.3, 0.4) is 0 Å². The Morgan fingerprint density at radius 3 is 2.81 bits per heavy atom. The average Bonchev–Trinajstić information content (AvgIpc) is 3.11. The molecule has 0 radical (unpaired) electrons. The number of cyclic esters (lactones) is 1. The molecule has 4 rings (SSSR count). The van der Waals surface area contributed by atoms with Gasteiger partial charge < -0.3 is 15.8 Å². The van der Waals surface area contributed by atoms with Crippen molar-refractivity contribution in [3.63, 3.8) is 0 Å². The van der Waals surface area contributed by atoms with Gasteiger partial charge in [0.25, 0.3) is 0 Å². The molecule has 0 aromatic carbocycles. The van der Waals surface area contributed by atoms with Crippen LogP contribution in [0.2, 0.25) is 0 Å². The van der Waals surface area contributed by atoms with E-state index in [0.717, 1.165) is 31.9 Å². The lowest BCUT2D eigenvalue weighted by Crippen LogP contribution is -2.33. The molecule has 1 saturated carbocycles. The summed E-state index contributed by atoms with van der Waals surface area (Å²) in [6, 6.07) is 3.76. The SMILES string of the molecule is NC1CCC(Nc2ncc(F)c(-c3ccnc(N4CCOC4=O)c3)n2)CC1. The van der Waals surface area contributed by atoms with E-state index < -0.39 is 11.9 Å². The third kappa shape index (κ3) is 3.82. The van der Waals surface area contributed by atoms with E-state index >= 15 is 0 Å². The van der Waals surface area contributed by atoms with Crippen molar-refractivity contribution in [3.05, 3.63) is 30.3 Å². The third-order valence-corrected chi connectivity index (χ3v) is 4.91. The summed E-state index contributed by atoms with van der Waals surface area (Å²) >= 11 is 0. The van der Waals surface area contributed by atoms with Crippen LogP contribution in [0.25, 0.3) is 11.3 Å². The minimum Gasteiger partial charge on any atom is -0.447 e. The van der Waals surface area contributed by atoms with Crippen LogP contribution in [-0.2, 0) is 4.74 Å². The summed E-state index contributed by atoms with van der Waals surface area (Å²) in [5.74, 6) is 0.252. The molecular weight excluding hydrogens is 351 g/mol. The van der Waals surface area contributed by atoms with Gasteiger partial charge in [-0.1, -0.05) is 0 Å². The van der Waals surface area contributed by atoms with Crippen molar-refractivity contribution in [3.8, 4) is 11.3 Å². The number of nitrogens with one attached hydrogen (secondary N) is 1. The molecular formula is C18H21FN6O2. The smallest absolute Gasteiger partial charge is 0.415 e. The predicted molar refractivity (Wildman–Crippen MR) is 97.8 cm³/mol. The highest BCUT2D eigenvalue weighted by molar-refractivity contribution is 5.88. The molecule has 9 heteroatoms. The highest BCUT2D eigenvalue weighted by Gasteiger charge is 2.25. The molecule has 0 spiro atoms. The molecule has 0 unspecified atom stereocenters. The summed E-state index contributed by atoms with van der Waals surface area (Å²) in [6.45, 7) is 0.726. The number of carbonyl (C=O) groups is 1. The van der Waals surface area contributed by atoms with Crippen molar-refractivity contribution in [1.29, 1.82) is 0 Å². The largest absolute Gasteiger partial charge is 0.447 e. The molecule has 1 aliphatic heterocycles. The van der Waals surface area contributed by atoms with Crippen molar-refractivity contribution in [1.82, 2.24) is 15.0 Å². The summed E-state index contributed by atoms with van der Waals surface area (Å²) in [5.41, 5.74) is 6.62. The average molecular weight is 372 g/mol. The quantitative estimate of drug-likeness (QED) is 0.848. The van der Waals surface area contributed by atoms with Crippen molar-refractivity contribution >= 4 is 17.9 Å². The second kappa shape index (κ2) is 7.43. The van der Waals surface area contributed by atoms with Crippen LogP contribution in [0.15, 0.2) is 24.5 Å². The van der Waals surface area contributed by atoms with Gasteiger partial charge in [-0.05, 0) is 37.8 Å². The zero-order chi connectivity index (χ0) is 18.8. The molecule has 0 bridgehead atoms. The molecule has 2 aliphatic rings. The first-order chi connectivity index (χ1) is 13.1. The zero-order valence-electron chi connectivity index (χ0n) is 14.8. The number of nitrogens with two attached hydrogens (primary N) is 1. The standard InChI is InChI=1S/C18H21FN6O2/c19-14-10-22-17(23-13-3-1-12(20)2-4-13)24-16(14)11-5-6-21-15(9-11)25-7-8-27-18(25)26/h5-6,9-10,12-13H,1-4,7-8,20H2,(H,22,23,24). The molecule has 3 N–H and O–H groups in total. The number of aromatic nitrogens is 3. The Hall–Kier alpha value is -2.81. The molecule has 2 aromatic rings. The Morgan fingerprint density at radius 2 is 2.07 bits per heavy atom. The van der Waals surface area contributed by atoms with Crippen LogP contribution in [0.1, 0.15) is 25.7 Å². The lowest BCUT2D eigenvalue weighted by molar-refractivity contribution is 0.181. The van der Waals surface area contributed by atoms with Crippen LogP contribution in [-0.4, -0.2) is 46.3 Å². The van der Waals surface area contributed by atoms with Gasteiger partial charge in [-0.2, -0.15) is 0 Å². The highest BCUT2D eigenvalue weighted by Crippen LogP contribution is 2.26. The first kappa shape index (κ1) is 17.6. The number of carbonyl (C=O) groups excluding carboxylic acids is 1.